The zero-order valence-corrected chi connectivity index (χ0v) is 12.7. The molecule has 3 nitrogen and oxygen atoms in total. The Bertz CT molecular complexity index is 665. The van der Waals surface area contributed by atoms with Gasteiger partial charge in [0.15, 0.2) is 0 Å². The number of hydrogen-bond acceptors (Lipinski definition) is 3. The number of thiophene rings is 1. The summed E-state index contributed by atoms with van der Waals surface area (Å²) < 4.78 is 14.7. The molecule has 6 heteroatoms. The highest BCUT2D eigenvalue weighted by molar-refractivity contribution is 9.11. The van der Waals surface area contributed by atoms with E-state index in [9.17, 15) is 9.18 Å². The average Bonchev–Trinajstić information content (AvgIpc) is 2.87. The Labute approximate surface area is 128 Å². The first-order chi connectivity index (χ1) is 9.63. The highest BCUT2D eigenvalue weighted by Gasteiger charge is 2.21. The highest BCUT2D eigenvalue weighted by atomic mass is 79.9. The molecule has 0 N–H and O–H groups in total. The molecule has 0 radical (unpaired) electrons. The third-order valence-corrected chi connectivity index (χ3v) is 4.15. The van der Waals surface area contributed by atoms with Crippen LogP contribution in [0.25, 0.3) is 0 Å². The third kappa shape index (κ3) is 3.24. The molecule has 0 saturated heterocycles. The summed E-state index contributed by atoms with van der Waals surface area (Å²) in [5.41, 5.74) is 0.665. The van der Waals surface area contributed by atoms with Crippen LogP contribution in [0.4, 0.5) is 10.1 Å². The molecule has 0 fully saturated rings. The molecule has 1 aromatic carbocycles. The topological polar surface area (TPSA) is 44.1 Å². The van der Waals surface area contributed by atoms with Gasteiger partial charge in [-0.05, 0) is 34.1 Å². The summed E-state index contributed by atoms with van der Waals surface area (Å²) >= 11 is 4.68. The van der Waals surface area contributed by atoms with Crippen LogP contribution in [0.1, 0.15) is 16.8 Å². The highest BCUT2D eigenvalue weighted by Crippen LogP contribution is 2.25. The van der Waals surface area contributed by atoms with Crippen molar-refractivity contribution in [1.29, 1.82) is 5.26 Å². The molecule has 0 saturated carbocycles. The fraction of sp³-hybridized carbons (Fsp3) is 0.143. The van der Waals surface area contributed by atoms with E-state index in [1.54, 1.807) is 23.6 Å². The quantitative estimate of drug-likeness (QED) is 0.827. The number of nitriles is 1. The summed E-state index contributed by atoms with van der Waals surface area (Å²) in [4.78, 5) is 13.8. The van der Waals surface area contributed by atoms with E-state index in [0.717, 1.165) is 3.79 Å². The number of hydrogen-bond donors (Lipinski definition) is 0. The Morgan fingerprint density at radius 2 is 2.20 bits per heavy atom. The molecule has 0 spiro atoms. The Kier molecular flexibility index (Phi) is 4.88. The van der Waals surface area contributed by atoms with Gasteiger partial charge in [-0.3, -0.25) is 4.79 Å². The van der Waals surface area contributed by atoms with E-state index in [1.807, 2.05) is 6.07 Å². The number of rotatable bonds is 4. The Morgan fingerprint density at radius 3 is 2.80 bits per heavy atom. The summed E-state index contributed by atoms with van der Waals surface area (Å²) in [6, 6.07) is 9.72. The maximum absolute atomic E-state index is 13.9. The molecule has 0 atom stereocenters. The normalized spacial score (nSPS) is 10.1. The molecule has 2 aromatic rings. The Balaban J connectivity index is 2.35. The zero-order chi connectivity index (χ0) is 14.5. The van der Waals surface area contributed by atoms with Crippen LogP contribution in [0.15, 0.2) is 39.5 Å². The van der Waals surface area contributed by atoms with Gasteiger partial charge >= 0.3 is 0 Å². The molecule has 0 aliphatic heterocycles. The second-order valence-corrected chi connectivity index (χ2v) is 6.25. The standard InChI is InChI=1S/C14H10BrFN2OS/c15-13-8-10(9-20-13)14(19)18(7-3-6-17)12-5-2-1-4-11(12)16/h1-2,4-5,8-9H,3,7H2. The minimum atomic E-state index is -0.479. The van der Waals surface area contributed by atoms with Crippen molar-refractivity contribution in [3.05, 3.63) is 50.9 Å². The fourth-order valence-electron chi connectivity index (χ4n) is 1.74. The van der Waals surface area contributed by atoms with Gasteiger partial charge in [-0.2, -0.15) is 5.26 Å². The van der Waals surface area contributed by atoms with Crippen LogP contribution < -0.4 is 4.90 Å². The molecular formula is C14H10BrFN2OS. The summed E-state index contributed by atoms with van der Waals surface area (Å²) in [7, 11) is 0. The number of anilines is 1. The van der Waals surface area contributed by atoms with Crippen molar-refractivity contribution >= 4 is 38.9 Å². The molecular weight excluding hydrogens is 343 g/mol. The predicted octanol–water partition coefficient (Wildman–Crippen LogP) is 4.21. The smallest absolute Gasteiger partial charge is 0.259 e. The van der Waals surface area contributed by atoms with Gasteiger partial charge in [-0.25, -0.2) is 4.39 Å². The number of para-hydroxylation sites is 1. The summed E-state index contributed by atoms with van der Waals surface area (Å²) in [6.07, 6.45) is 0.144. The lowest BCUT2D eigenvalue weighted by molar-refractivity contribution is 0.0987. The summed E-state index contributed by atoms with van der Waals surface area (Å²) in [6.45, 7) is 0.156. The largest absolute Gasteiger partial charge is 0.304 e. The molecule has 1 heterocycles. The van der Waals surface area contributed by atoms with Crippen molar-refractivity contribution in [2.45, 2.75) is 6.42 Å². The second kappa shape index (κ2) is 6.64. The minimum Gasteiger partial charge on any atom is -0.304 e. The van der Waals surface area contributed by atoms with Gasteiger partial charge < -0.3 is 4.90 Å². The van der Waals surface area contributed by atoms with E-state index in [4.69, 9.17) is 5.26 Å². The molecule has 0 bridgehead atoms. The maximum atomic E-state index is 13.9. The van der Waals surface area contributed by atoms with Crippen LogP contribution in [-0.4, -0.2) is 12.5 Å². The van der Waals surface area contributed by atoms with Crippen molar-refractivity contribution in [2.75, 3.05) is 11.4 Å². The van der Waals surface area contributed by atoms with E-state index in [1.165, 1.54) is 28.4 Å². The van der Waals surface area contributed by atoms with Gasteiger partial charge in [0.1, 0.15) is 5.82 Å². The molecule has 1 aromatic heterocycles. The van der Waals surface area contributed by atoms with E-state index in [-0.39, 0.29) is 24.6 Å². The number of benzene rings is 1. The first-order valence-corrected chi connectivity index (χ1v) is 7.48. The molecule has 0 aliphatic rings. The number of amides is 1. The van der Waals surface area contributed by atoms with Crippen LogP contribution in [-0.2, 0) is 0 Å². The molecule has 0 unspecified atom stereocenters. The lowest BCUT2D eigenvalue weighted by atomic mass is 10.2. The number of nitrogens with zero attached hydrogens (tertiary/aromatic N) is 2. The molecule has 2 rings (SSSR count). The van der Waals surface area contributed by atoms with Gasteiger partial charge in [-0.15, -0.1) is 11.3 Å². The maximum Gasteiger partial charge on any atom is 0.259 e. The van der Waals surface area contributed by atoms with E-state index >= 15 is 0 Å². The fourth-order valence-corrected chi connectivity index (χ4v) is 2.87. The van der Waals surface area contributed by atoms with Gasteiger partial charge in [0.2, 0.25) is 0 Å². The zero-order valence-electron chi connectivity index (χ0n) is 10.3. The van der Waals surface area contributed by atoms with Gasteiger partial charge in [0, 0.05) is 11.9 Å². The van der Waals surface area contributed by atoms with Crippen molar-refractivity contribution in [3.8, 4) is 6.07 Å². The van der Waals surface area contributed by atoms with E-state index < -0.39 is 5.82 Å². The lowest BCUT2D eigenvalue weighted by Gasteiger charge is -2.21. The number of halogens is 2. The molecule has 0 aliphatic carbocycles. The Hall–Kier alpha value is -1.71. The minimum absolute atomic E-state index is 0.144. The molecule has 1 amide bonds. The monoisotopic (exact) mass is 352 g/mol. The SMILES string of the molecule is N#CCCN(C(=O)c1csc(Br)c1)c1ccccc1F. The van der Waals surface area contributed by atoms with Crippen LogP contribution in [0.2, 0.25) is 0 Å². The van der Waals surface area contributed by atoms with Gasteiger partial charge in [0.25, 0.3) is 5.91 Å². The first-order valence-electron chi connectivity index (χ1n) is 5.81. The van der Waals surface area contributed by atoms with Crippen LogP contribution in [0.5, 0.6) is 0 Å². The van der Waals surface area contributed by atoms with Crippen molar-refractivity contribution in [2.24, 2.45) is 0 Å². The number of carbonyl (C=O) groups excluding carboxylic acids is 1. The van der Waals surface area contributed by atoms with Crippen LogP contribution >= 0.6 is 27.3 Å². The average molecular weight is 353 g/mol. The van der Waals surface area contributed by atoms with Crippen molar-refractivity contribution in [1.82, 2.24) is 0 Å². The third-order valence-electron chi connectivity index (χ3n) is 2.65. The number of carbonyl (C=O) groups is 1. The predicted molar refractivity (Wildman–Crippen MR) is 80.3 cm³/mol. The second-order valence-electron chi connectivity index (χ2n) is 3.96. The van der Waals surface area contributed by atoms with E-state index in [0.29, 0.717) is 5.56 Å². The van der Waals surface area contributed by atoms with Gasteiger partial charge in [-0.1, -0.05) is 12.1 Å². The lowest BCUT2D eigenvalue weighted by Crippen LogP contribution is -2.32. The van der Waals surface area contributed by atoms with Crippen LogP contribution in [0, 0.1) is 17.1 Å². The van der Waals surface area contributed by atoms with Crippen LogP contribution in [0.3, 0.4) is 0 Å². The van der Waals surface area contributed by atoms with Gasteiger partial charge in [0.05, 0.1) is 27.5 Å². The summed E-state index contributed by atoms with van der Waals surface area (Å²) in [5.74, 6) is -0.791. The molecule has 20 heavy (non-hydrogen) atoms. The van der Waals surface area contributed by atoms with Crippen molar-refractivity contribution < 1.29 is 9.18 Å². The Morgan fingerprint density at radius 1 is 1.45 bits per heavy atom. The van der Waals surface area contributed by atoms with Crippen molar-refractivity contribution in [3.63, 3.8) is 0 Å². The van der Waals surface area contributed by atoms with E-state index in [2.05, 4.69) is 15.9 Å². The first kappa shape index (κ1) is 14.7. The summed E-state index contributed by atoms with van der Waals surface area (Å²) in [5, 5.41) is 10.4. The molecule has 102 valence electrons.